The fraction of sp³-hybridized carbons (Fsp3) is 0.318. The van der Waals surface area contributed by atoms with Gasteiger partial charge in [0.2, 0.25) is 0 Å². The van der Waals surface area contributed by atoms with Gasteiger partial charge in [0.15, 0.2) is 0 Å². The number of aromatic nitrogens is 2. The lowest BCUT2D eigenvalue weighted by Crippen LogP contribution is -2.06. The lowest BCUT2D eigenvalue weighted by atomic mass is 10.1. The molecule has 0 N–H and O–H groups in total. The Morgan fingerprint density at radius 3 is 2.72 bits per heavy atom. The van der Waals surface area contributed by atoms with Crippen molar-refractivity contribution in [1.29, 1.82) is 0 Å². The van der Waals surface area contributed by atoms with Crippen LogP contribution in [0.1, 0.15) is 31.2 Å². The van der Waals surface area contributed by atoms with Crippen molar-refractivity contribution < 1.29 is 4.74 Å². The highest BCUT2D eigenvalue weighted by Gasteiger charge is 2.08. The van der Waals surface area contributed by atoms with Crippen LogP contribution in [-0.4, -0.2) is 16.2 Å². The number of rotatable bonds is 9. The van der Waals surface area contributed by atoms with Crippen molar-refractivity contribution in [3.63, 3.8) is 0 Å². The molecule has 25 heavy (non-hydrogen) atoms. The van der Waals surface area contributed by atoms with Crippen LogP contribution in [-0.2, 0) is 19.4 Å². The summed E-state index contributed by atoms with van der Waals surface area (Å²) >= 11 is 0. The zero-order valence-electron chi connectivity index (χ0n) is 14.9. The molecule has 0 unspecified atom stereocenters. The number of fused-ring (bicyclic) bond motifs is 1. The normalized spacial score (nSPS) is 10.9. The van der Waals surface area contributed by atoms with Crippen molar-refractivity contribution >= 4 is 11.0 Å². The second-order valence-corrected chi connectivity index (χ2v) is 6.18. The van der Waals surface area contributed by atoms with Gasteiger partial charge in [0.05, 0.1) is 17.6 Å². The average molecular weight is 334 g/mol. The van der Waals surface area contributed by atoms with Crippen LogP contribution < -0.4 is 4.74 Å². The zero-order chi connectivity index (χ0) is 17.5. The third-order valence-corrected chi connectivity index (χ3v) is 4.42. The summed E-state index contributed by atoms with van der Waals surface area (Å²) in [5, 5.41) is 0. The molecule has 0 fully saturated rings. The molecule has 0 saturated carbocycles. The van der Waals surface area contributed by atoms with Crippen LogP contribution >= 0.6 is 0 Å². The largest absolute Gasteiger partial charge is 0.493 e. The van der Waals surface area contributed by atoms with Gasteiger partial charge in [0.1, 0.15) is 11.6 Å². The lowest BCUT2D eigenvalue weighted by molar-refractivity contribution is 0.301. The molecule has 2 aromatic carbocycles. The van der Waals surface area contributed by atoms with E-state index in [1.807, 2.05) is 30.3 Å². The third-order valence-electron chi connectivity index (χ3n) is 4.42. The molecule has 0 aliphatic carbocycles. The molecular formula is C22H26N2O. The number of nitrogens with zero attached hydrogens (tertiary/aromatic N) is 2. The van der Waals surface area contributed by atoms with Gasteiger partial charge in [-0.3, -0.25) is 0 Å². The number of aryl methyl sites for hydroxylation is 2. The zero-order valence-corrected chi connectivity index (χ0v) is 14.9. The molecule has 0 atom stereocenters. The number of unbranched alkanes of at least 4 members (excludes halogenated alkanes) is 1. The van der Waals surface area contributed by atoms with Crippen LogP contribution in [0.25, 0.3) is 11.0 Å². The van der Waals surface area contributed by atoms with Crippen LogP contribution in [0.15, 0.2) is 61.2 Å². The van der Waals surface area contributed by atoms with E-state index in [-0.39, 0.29) is 0 Å². The number of hydrogen-bond donors (Lipinski definition) is 0. The monoisotopic (exact) mass is 334 g/mol. The van der Waals surface area contributed by atoms with E-state index >= 15 is 0 Å². The molecule has 0 bridgehead atoms. The Kier molecular flexibility index (Phi) is 5.89. The number of imidazole rings is 1. The molecule has 3 aromatic rings. The smallest absolute Gasteiger partial charge is 0.122 e. The number of benzene rings is 2. The maximum Gasteiger partial charge on any atom is 0.122 e. The lowest BCUT2D eigenvalue weighted by Gasteiger charge is -2.11. The summed E-state index contributed by atoms with van der Waals surface area (Å²) in [7, 11) is 0. The highest BCUT2D eigenvalue weighted by molar-refractivity contribution is 5.75. The summed E-state index contributed by atoms with van der Waals surface area (Å²) in [4.78, 5) is 4.73. The van der Waals surface area contributed by atoms with Gasteiger partial charge in [-0.2, -0.15) is 0 Å². The van der Waals surface area contributed by atoms with Crippen molar-refractivity contribution in [3.8, 4) is 5.75 Å². The minimum absolute atomic E-state index is 0.738. The van der Waals surface area contributed by atoms with Gasteiger partial charge in [-0.25, -0.2) is 4.98 Å². The van der Waals surface area contributed by atoms with Crippen molar-refractivity contribution in [2.75, 3.05) is 6.61 Å². The molecule has 0 amide bonds. The first-order valence-corrected chi connectivity index (χ1v) is 9.09. The van der Waals surface area contributed by atoms with E-state index in [9.17, 15) is 0 Å². The Labute approximate surface area is 150 Å². The summed E-state index contributed by atoms with van der Waals surface area (Å²) in [6.07, 6.45) is 5.82. The first-order chi connectivity index (χ1) is 12.3. The van der Waals surface area contributed by atoms with Gasteiger partial charge < -0.3 is 9.30 Å². The summed E-state index contributed by atoms with van der Waals surface area (Å²) in [6.45, 7) is 7.70. The predicted molar refractivity (Wildman–Crippen MR) is 104 cm³/mol. The Balaban J connectivity index is 1.55. The molecule has 1 heterocycles. The molecule has 3 rings (SSSR count). The molecule has 0 saturated heterocycles. The van der Waals surface area contributed by atoms with Crippen LogP contribution in [0.5, 0.6) is 5.75 Å². The maximum atomic E-state index is 5.98. The molecule has 0 radical (unpaired) electrons. The SMILES string of the molecule is C=CCc1ccccc1OCCCCn1c(CC)nc2ccccc21. The Morgan fingerprint density at radius 1 is 1.08 bits per heavy atom. The summed E-state index contributed by atoms with van der Waals surface area (Å²) in [5.41, 5.74) is 3.52. The second-order valence-electron chi connectivity index (χ2n) is 6.18. The Morgan fingerprint density at radius 2 is 1.88 bits per heavy atom. The average Bonchev–Trinajstić information content (AvgIpc) is 3.01. The number of allylic oxidation sites excluding steroid dienone is 1. The first-order valence-electron chi connectivity index (χ1n) is 9.09. The highest BCUT2D eigenvalue weighted by Crippen LogP contribution is 2.20. The van der Waals surface area contributed by atoms with Gasteiger partial charge in [-0.1, -0.05) is 43.3 Å². The minimum Gasteiger partial charge on any atom is -0.493 e. The van der Waals surface area contributed by atoms with E-state index < -0.39 is 0 Å². The molecule has 3 nitrogen and oxygen atoms in total. The number of hydrogen-bond acceptors (Lipinski definition) is 2. The van der Waals surface area contributed by atoms with Crippen molar-refractivity contribution in [2.24, 2.45) is 0 Å². The van der Waals surface area contributed by atoms with E-state index in [1.165, 1.54) is 16.9 Å². The maximum absolute atomic E-state index is 5.98. The van der Waals surface area contributed by atoms with Crippen LogP contribution in [0, 0.1) is 0 Å². The third kappa shape index (κ3) is 4.11. The van der Waals surface area contributed by atoms with E-state index in [1.54, 1.807) is 0 Å². The summed E-state index contributed by atoms with van der Waals surface area (Å²) in [6, 6.07) is 16.6. The van der Waals surface area contributed by atoms with Crippen molar-refractivity contribution in [2.45, 2.75) is 39.2 Å². The second kappa shape index (κ2) is 8.52. The molecule has 130 valence electrons. The van der Waals surface area contributed by atoms with Crippen molar-refractivity contribution in [3.05, 3.63) is 72.6 Å². The summed E-state index contributed by atoms with van der Waals surface area (Å²) < 4.78 is 8.33. The molecule has 1 aromatic heterocycles. The van der Waals surface area contributed by atoms with E-state index in [2.05, 4.69) is 42.3 Å². The minimum atomic E-state index is 0.738. The fourth-order valence-corrected chi connectivity index (χ4v) is 3.17. The predicted octanol–water partition coefficient (Wildman–Crippen LogP) is 5.19. The van der Waals surface area contributed by atoms with Gasteiger partial charge in [0.25, 0.3) is 0 Å². The molecule has 3 heteroatoms. The number of ether oxygens (including phenoxy) is 1. The standard InChI is InChI=1S/C22H26N2O/c1-3-11-18-12-5-8-15-21(18)25-17-10-9-16-24-20-14-7-6-13-19(20)23-22(24)4-2/h3,5-8,12-15H,1,4,9-11,16-17H2,2H3. The molecule has 0 spiro atoms. The Hall–Kier alpha value is -2.55. The highest BCUT2D eigenvalue weighted by atomic mass is 16.5. The number of para-hydroxylation sites is 3. The van der Waals surface area contributed by atoms with Crippen molar-refractivity contribution in [1.82, 2.24) is 9.55 Å². The van der Waals surface area contributed by atoms with Gasteiger partial charge in [-0.15, -0.1) is 6.58 Å². The fourth-order valence-electron chi connectivity index (χ4n) is 3.17. The van der Waals surface area contributed by atoms with Crippen LogP contribution in [0.2, 0.25) is 0 Å². The van der Waals surface area contributed by atoms with Gasteiger partial charge in [0, 0.05) is 13.0 Å². The van der Waals surface area contributed by atoms with E-state index in [0.29, 0.717) is 0 Å². The van der Waals surface area contributed by atoms with E-state index in [0.717, 1.165) is 50.1 Å². The van der Waals surface area contributed by atoms with Gasteiger partial charge >= 0.3 is 0 Å². The molecule has 0 aliphatic rings. The Bertz CT molecular complexity index is 835. The van der Waals surface area contributed by atoms with Gasteiger partial charge in [-0.05, 0) is 43.0 Å². The quantitative estimate of drug-likeness (QED) is 0.398. The van der Waals surface area contributed by atoms with Crippen LogP contribution in [0.3, 0.4) is 0 Å². The molecule has 0 aliphatic heterocycles. The van der Waals surface area contributed by atoms with E-state index in [4.69, 9.17) is 9.72 Å². The van der Waals surface area contributed by atoms with Crippen LogP contribution in [0.4, 0.5) is 0 Å². The first kappa shape index (κ1) is 17.3. The summed E-state index contributed by atoms with van der Waals surface area (Å²) in [5.74, 6) is 2.14. The molecular weight excluding hydrogens is 308 g/mol. The topological polar surface area (TPSA) is 27.1 Å².